The topological polar surface area (TPSA) is 118 Å². The highest BCUT2D eigenvalue weighted by Crippen LogP contribution is 2.24. The number of carboxylic acids is 1. The van der Waals surface area contributed by atoms with Crippen LogP contribution in [-0.2, 0) is 4.79 Å². The van der Waals surface area contributed by atoms with Gasteiger partial charge in [-0.25, -0.2) is 0 Å². The van der Waals surface area contributed by atoms with Crippen molar-refractivity contribution in [1.29, 1.82) is 0 Å². The fourth-order valence-electron chi connectivity index (χ4n) is 1.54. The molecule has 0 aromatic heterocycles. The van der Waals surface area contributed by atoms with Crippen LogP contribution in [0.4, 0.5) is 5.69 Å². The van der Waals surface area contributed by atoms with Gasteiger partial charge in [0.05, 0.1) is 0 Å². The van der Waals surface area contributed by atoms with E-state index in [2.05, 4.69) is 17.0 Å². The van der Waals surface area contributed by atoms with Crippen molar-refractivity contribution in [2.75, 3.05) is 11.9 Å². The Morgan fingerprint density at radius 3 is 2.62 bits per heavy atom. The van der Waals surface area contributed by atoms with Crippen LogP contribution in [0.5, 0.6) is 0 Å². The van der Waals surface area contributed by atoms with Gasteiger partial charge in [-0.05, 0) is 12.1 Å². The van der Waals surface area contributed by atoms with E-state index in [4.69, 9.17) is 5.11 Å². The third-order valence-electron chi connectivity index (χ3n) is 2.30. The number of hydrogen-bond acceptors (Lipinski definition) is 5. The first-order valence-electron chi connectivity index (χ1n) is 4.63. The number of hydrazine groups is 1. The normalized spacial score (nSPS) is 17.6. The fraction of sp³-hybridized carbons (Fsp3) is 0.200. The summed E-state index contributed by atoms with van der Waals surface area (Å²) in [4.78, 5) is 22.4. The summed E-state index contributed by atoms with van der Waals surface area (Å²) >= 11 is 0. The molecule has 1 atom stereocenters. The van der Waals surface area contributed by atoms with Crippen LogP contribution < -0.4 is 17.0 Å². The number of benzene rings is 1. The number of carbonyl (C=O) groups is 2. The number of hydrogen-bond donors (Lipinski definition) is 4. The van der Waals surface area contributed by atoms with E-state index < -0.39 is 11.9 Å². The molecule has 0 bridgehead atoms. The lowest BCUT2D eigenvalue weighted by atomic mass is 9.93. The number of anilines is 1. The van der Waals surface area contributed by atoms with Gasteiger partial charge in [-0.15, -0.1) is 0 Å². The highest BCUT2D eigenvalue weighted by molar-refractivity contribution is 6.12. The predicted octanol–water partition coefficient (Wildman–Crippen LogP) is -0.186. The van der Waals surface area contributed by atoms with E-state index in [0.717, 1.165) is 5.69 Å². The predicted molar refractivity (Wildman–Crippen MR) is 58.8 cm³/mol. The molecule has 2 rings (SSSR count). The molecule has 0 saturated carbocycles. The van der Waals surface area contributed by atoms with Crippen molar-refractivity contribution >= 4 is 17.4 Å². The van der Waals surface area contributed by atoms with Crippen LogP contribution in [0.2, 0.25) is 0 Å². The van der Waals surface area contributed by atoms with Crippen molar-refractivity contribution in [2.24, 2.45) is 17.6 Å². The van der Waals surface area contributed by atoms with Gasteiger partial charge in [0.1, 0.15) is 5.92 Å². The van der Waals surface area contributed by atoms with Gasteiger partial charge >= 0.3 is 5.97 Å². The van der Waals surface area contributed by atoms with Gasteiger partial charge in [0.25, 0.3) is 0 Å². The van der Waals surface area contributed by atoms with E-state index in [1.165, 1.54) is 0 Å². The van der Waals surface area contributed by atoms with E-state index in [-0.39, 0.29) is 12.3 Å². The lowest BCUT2D eigenvalue weighted by Crippen LogP contribution is -2.35. The largest absolute Gasteiger partial charge is 0.481 e. The second-order valence-electron chi connectivity index (χ2n) is 3.18. The lowest BCUT2D eigenvalue weighted by molar-refractivity contribution is -0.139. The Labute approximate surface area is 92.2 Å². The number of nitrogens with one attached hydrogen (secondary N) is 1. The van der Waals surface area contributed by atoms with Crippen molar-refractivity contribution < 1.29 is 14.7 Å². The molecule has 6 N–H and O–H groups in total. The minimum Gasteiger partial charge on any atom is -0.481 e. The second kappa shape index (κ2) is 5.24. The molecule has 16 heavy (non-hydrogen) atoms. The Balaban J connectivity index is 0.000000606. The van der Waals surface area contributed by atoms with Crippen LogP contribution >= 0.6 is 0 Å². The molecule has 1 aliphatic heterocycles. The summed E-state index contributed by atoms with van der Waals surface area (Å²) in [6.45, 7) is 0.172. The van der Waals surface area contributed by atoms with Crippen molar-refractivity contribution in [3.63, 3.8) is 0 Å². The molecule has 0 spiro atoms. The van der Waals surface area contributed by atoms with Gasteiger partial charge < -0.3 is 10.4 Å². The van der Waals surface area contributed by atoms with Gasteiger partial charge in [0, 0.05) is 17.8 Å². The van der Waals surface area contributed by atoms with Crippen molar-refractivity contribution in [3.8, 4) is 0 Å². The number of carbonyl (C=O) groups excluding carboxylic acids is 1. The highest BCUT2D eigenvalue weighted by Gasteiger charge is 2.32. The Kier molecular flexibility index (Phi) is 3.98. The van der Waals surface area contributed by atoms with E-state index in [0.29, 0.717) is 5.56 Å². The van der Waals surface area contributed by atoms with Crippen LogP contribution in [0.15, 0.2) is 24.3 Å². The molecular formula is C10H13N3O3. The van der Waals surface area contributed by atoms with Gasteiger partial charge in [0.2, 0.25) is 0 Å². The molecule has 0 saturated heterocycles. The third-order valence-corrected chi connectivity index (χ3v) is 2.30. The van der Waals surface area contributed by atoms with Crippen LogP contribution in [-0.4, -0.2) is 23.4 Å². The molecule has 1 aromatic rings. The smallest absolute Gasteiger partial charge is 0.316 e. The highest BCUT2D eigenvalue weighted by atomic mass is 16.4. The number of rotatable bonds is 1. The minimum absolute atomic E-state index is 0.172. The van der Waals surface area contributed by atoms with Gasteiger partial charge in [-0.1, -0.05) is 12.1 Å². The molecule has 0 aliphatic carbocycles. The van der Waals surface area contributed by atoms with Crippen LogP contribution in [0.3, 0.4) is 0 Å². The number of carboxylic acid groups (broad SMARTS) is 1. The first-order valence-corrected chi connectivity index (χ1v) is 4.63. The average molecular weight is 223 g/mol. The molecule has 1 aliphatic rings. The summed E-state index contributed by atoms with van der Waals surface area (Å²) in [5.41, 5.74) is 1.18. The number of ketones is 1. The van der Waals surface area contributed by atoms with E-state index in [1.807, 2.05) is 0 Å². The molecule has 1 heterocycles. The first kappa shape index (κ1) is 12.2. The minimum atomic E-state index is -1.07. The van der Waals surface area contributed by atoms with Gasteiger partial charge in [-0.2, -0.15) is 0 Å². The van der Waals surface area contributed by atoms with Gasteiger partial charge in [0.15, 0.2) is 5.78 Å². The van der Waals surface area contributed by atoms with E-state index in [9.17, 15) is 9.59 Å². The standard InChI is InChI=1S/C10H9NO3.H4N2/c12-9-6-3-1-2-4-8(6)11-5-7(9)10(13)14;1-2/h1-4,7,11H,5H2,(H,13,14);1-2H2. The monoisotopic (exact) mass is 223 g/mol. The molecule has 86 valence electrons. The maximum Gasteiger partial charge on any atom is 0.316 e. The molecule has 1 unspecified atom stereocenters. The summed E-state index contributed by atoms with van der Waals surface area (Å²) in [5, 5.41) is 11.7. The third kappa shape index (κ3) is 2.18. The van der Waals surface area contributed by atoms with Crippen LogP contribution in [0.25, 0.3) is 0 Å². The maximum atomic E-state index is 11.6. The Morgan fingerprint density at radius 1 is 1.38 bits per heavy atom. The maximum absolute atomic E-state index is 11.6. The number of nitrogens with two attached hydrogens (primary N) is 2. The summed E-state index contributed by atoms with van der Waals surface area (Å²) in [5.74, 6) is 5.66. The molecular weight excluding hydrogens is 210 g/mol. The number of para-hydroxylation sites is 1. The zero-order chi connectivity index (χ0) is 12.1. The summed E-state index contributed by atoms with van der Waals surface area (Å²) in [6.07, 6.45) is 0. The molecule has 0 radical (unpaired) electrons. The lowest BCUT2D eigenvalue weighted by Gasteiger charge is -2.21. The Hall–Kier alpha value is -1.92. The number of aliphatic carboxylic acids is 1. The van der Waals surface area contributed by atoms with Crippen molar-refractivity contribution in [3.05, 3.63) is 29.8 Å². The number of Topliss-reactive ketones (excluding diaryl/α,β-unsaturated/α-hetero) is 1. The van der Waals surface area contributed by atoms with Gasteiger partial charge in [-0.3, -0.25) is 21.3 Å². The van der Waals surface area contributed by atoms with Crippen LogP contribution in [0.1, 0.15) is 10.4 Å². The molecule has 0 fully saturated rings. The first-order chi connectivity index (χ1) is 7.70. The summed E-state index contributed by atoms with van der Waals surface area (Å²) in [6, 6.07) is 6.94. The summed E-state index contributed by atoms with van der Waals surface area (Å²) < 4.78 is 0. The summed E-state index contributed by atoms with van der Waals surface area (Å²) in [7, 11) is 0. The fourth-order valence-corrected chi connectivity index (χ4v) is 1.54. The number of fused-ring (bicyclic) bond motifs is 1. The SMILES string of the molecule is NN.O=C(O)C1CNc2ccccc2C1=O. The van der Waals surface area contributed by atoms with Crippen molar-refractivity contribution in [2.45, 2.75) is 0 Å². The average Bonchev–Trinajstić information content (AvgIpc) is 2.32. The molecule has 1 aromatic carbocycles. The second-order valence-corrected chi connectivity index (χ2v) is 3.18. The quantitative estimate of drug-likeness (QED) is 0.298. The van der Waals surface area contributed by atoms with E-state index >= 15 is 0 Å². The Morgan fingerprint density at radius 2 is 2.00 bits per heavy atom. The molecule has 0 amide bonds. The molecule has 6 heteroatoms. The zero-order valence-electron chi connectivity index (χ0n) is 8.51. The van der Waals surface area contributed by atoms with E-state index in [1.54, 1.807) is 24.3 Å². The Bertz CT molecular complexity index is 406. The van der Waals surface area contributed by atoms with Crippen LogP contribution in [0, 0.1) is 5.92 Å². The zero-order valence-corrected chi connectivity index (χ0v) is 8.51. The van der Waals surface area contributed by atoms with Crippen molar-refractivity contribution in [1.82, 2.24) is 0 Å². The molecule has 6 nitrogen and oxygen atoms in total.